The van der Waals surface area contributed by atoms with E-state index in [0.717, 1.165) is 30.5 Å². The molecule has 0 aromatic heterocycles. The second kappa shape index (κ2) is 8.20. The SMILES string of the molecule is CC(=O)Nc1ccc(C(=O)N2CCc3cc(S(=O)(=O)N4CCCCC4)ccc32)cc1. The molecule has 0 atom stereocenters. The van der Waals surface area contributed by atoms with E-state index in [1.807, 2.05) is 0 Å². The lowest BCUT2D eigenvalue weighted by Gasteiger charge is -2.26. The van der Waals surface area contributed by atoms with Crippen LogP contribution in [0, 0.1) is 0 Å². The van der Waals surface area contributed by atoms with E-state index < -0.39 is 10.0 Å². The van der Waals surface area contributed by atoms with Crippen molar-refractivity contribution in [2.45, 2.75) is 37.5 Å². The number of hydrogen-bond donors (Lipinski definition) is 1. The zero-order valence-electron chi connectivity index (χ0n) is 16.9. The first kappa shape index (κ1) is 20.6. The lowest BCUT2D eigenvalue weighted by Crippen LogP contribution is -2.35. The third-order valence-corrected chi connectivity index (χ3v) is 7.49. The Morgan fingerprint density at radius 1 is 0.933 bits per heavy atom. The summed E-state index contributed by atoms with van der Waals surface area (Å²) in [4.78, 5) is 26.1. The number of rotatable bonds is 4. The predicted octanol–water partition coefficient (Wildman–Crippen LogP) is 3.02. The molecule has 0 spiro atoms. The first-order valence-corrected chi connectivity index (χ1v) is 11.6. The maximum Gasteiger partial charge on any atom is 0.258 e. The molecule has 2 aromatic carbocycles. The molecule has 0 radical (unpaired) electrons. The Balaban J connectivity index is 1.54. The van der Waals surface area contributed by atoms with Gasteiger partial charge in [-0.15, -0.1) is 0 Å². The Kier molecular flexibility index (Phi) is 5.62. The van der Waals surface area contributed by atoms with Gasteiger partial charge >= 0.3 is 0 Å². The predicted molar refractivity (Wildman–Crippen MR) is 115 cm³/mol. The molecule has 30 heavy (non-hydrogen) atoms. The Bertz CT molecular complexity index is 1070. The fourth-order valence-electron chi connectivity index (χ4n) is 4.06. The highest BCUT2D eigenvalue weighted by atomic mass is 32.2. The average Bonchev–Trinajstić information content (AvgIpc) is 3.17. The van der Waals surface area contributed by atoms with Gasteiger partial charge in [-0.1, -0.05) is 6.42 Å². The maximum absolute atomic E-state index is 13.0. The van der Waals surface area contributed by atoms with E-state index in [9.17, 15) is 18.0 Å². The lowest BCUT2D eigenvalue weighted by atomic mass is 10.1. The molecule has 2 aliphatic heterocycles. The molecule has 7 nitrogen and oxygen atoms in total. The molecule has 1 fully saturated rings. The molecule has 0 aliphatic carbocycles. The summed E-state index contributed by atoms with van der Waals surface area (Å²) in [5, 5.41) is 2.68. The van der Waals surface area contributed by atoms with Crippen LogP contribution in [0.25, 0.3) is 0 Å². The summed E-state index contributed by atoms with van der Waals surface area (Å²) >= 11 is 0. The highest BCUT2D eigenvalue weighted by Crippen LogP contribution is 2.33. The largest absolute Gasteiger partial charge is 0.326 e. The van der Waals surface area contributed by atoms with Crippen LogP contribution in [-0.2, 0) is 21.2 Å². The minimum Gasteiger partial charge on any atom is -0.326 e. The number of benzene rings is 2. The van der Waals surface area contributed by atoms with Crippen LogP contribution in [0.4, 0.5) is 11.4 Å². The Labute approximate surface area is 176 Å². The molecular weight excluding hydrogens is 402 g/mol. The van der Waals surface area contributed by atoms with Crippen molar-refractivity contribution < 1.29 is 18.0 Å². The fourth-order valence-corrected chi connectivity index (χ4v) is 5.63. The van der Waals surface area contributed by atoms with E-state index in [1.165, 1.54) is 6.92 Å². The third-order valence-electron chi connectivity index (χ3n) is 5.60. The molecule has 8 heteroatoms. The van der Waals surface area contributed by atoms with Crippen molar-refractivity contribution in [1.29, 1.82) is 0 Å². The molecule has 158 valence electrons. The van der Waals surface area contributed by atoms with Crippen molar-refractivity contribution >= 4 is 33.2 Å². The number of fused-ring (bicyclic) bond motifs is 1. The summed E-state index contributed by atoms with van der Waals surface area (Å²) in [6.45, 7) is 3.08. The minimum absolute atomic E-state index is 0.144. The molecule has 2 heterocycles. The van der Waals surface area contributed by atoms with Crippen LogP contribution in [-0.4, -0.2) is 44.2 Å². The fraction of sp³-hybridized carbons (Fsp3) is 0.364. The van der Waals surface area contributed by atoms with Gasteiger partial charge in [-0.2, -0.15) is 4.31 Å². The van der Waals surface area contributed by atoms with E-state index in [1.54, 1.807) is 51.7 Å². The van der Waals surface area contributed by atoms with Gasteiger partial charge in [0, 0.05) is 43.5 Å². The number of nitrogens with zero attached hydrogens (tertiary/aromatic N) is 2. The van der Waals surface area contributed by atoms with Crippen LogP contribution in [0.2, 0.25) is 0 Å². The molecular formula is C22H25N3O4S. The standard InChI is InChI=1S/C22H25N3O4S/c1-16(26)23-19-7-5-17(6-8-19)22(27)25-14-11-18-15-20(9-10-21(18)25)30(28,29)24-12-3-2-4-13-24/h5-10,15H,2-4,11-14H2,1H3,(H,23,26). The zero-order valence-corrected chi connectivity index (χ0v) is 17.7. The van der Waals surface area contributed by atoms with Crippen LogP contribution in [0.1, 0.15) is 42.1 Å². The summed E-state index contributed by atoms with van der Waals surface area (Å²) < 4.78 is 27.5. The summed E-state index contributed by atoms with van der Waals surface area (Å²) in [5.41, 5.74) is 2.77. The number of piperidine rings is 1. The second-order valence-electron chi connectivity index (χ2n) is 7.72. The van der Waals surface area contributed by atoms with Crippen LogP contribution in [0.15, 0.2) is 47.4 Å². The highest BCUT2D eigenvalue weighted by Gasteiger charge is 2.30. The van der Waals surface area contributed by atoms with E-state index in [2.05, 4.69) is 5.32 Å². The number of nitrogens with one attached hydrogen (secondary N) is 1. The minimum atomic E-state index is -3.49. The van der Waals surface area contributed by atoms with Crippen molar-refractivity contribution in [1.82, 2.24) is 4.31 Å². The first-order chi connectivity index (χ1) is 14.4. The van der Waals surface area contributed by atoms with Gasteiger partial charge in [-0.3, -0.25) is 9.59 Å². The number of sulfonamides is 1. The van der Waals surface area contributed by atoms with Crippen LogP contribution >= 0.6 is 0 Å². The Morgan fingerprint density at radius 2 is 1.63 bits per heavy atom. The molecule has 1 N–H and O–H groups in total. The van der Waals surface area contributed by atoms with Gasteiger partial charge in [0.1, 0.15) is 0 Å². The van der Waals surface area contributed by atoms with Gasteiger partial charge in [0.05, 0.1) is 4.90 Å². The van der Waals surface area contributed by atoms with E-state index >= 15 is 0 Å². The molecule has 0 bridgehead atoms. The molecule has 0 unspecified atom stereocenters. The summed E-state index contributed by atoms with van der Waals surface area (Å²) in [6.07, 6.45) is 3.48. The summed E-state index contributed by atoms with van der Waals surface area (Å²) in [5.74, 6) is -0.312. The number of hydrogen-bond acceptors (Lipinski definition) is 4. The second-order valence-corrected chi connectivity index (χ2v) is 9.66. The van der Waals surface area contributed by atoms with Crippen molar-refractivity contribution in [3.8, 4) is 0 Å². The van der Waals surface area contributed by atoms with Gasteiger partial charge in [-0.05, 0) is 67.3 Å². The zero-order chi connectivity index (χ0) is 21.3. The van der Waals surface area contributed by atoms with E-state index in [4.69, 9.17) is 0 Å². The normalized spacial score (nSPS) is 16.9. The van der Waals surface area contributed by atoms with Crippen LogP contribution in [0.5, 0.6) is 0 Å². The van der Waals surface area contributed by atoms with Crippen molar-refractivity contribution in [3.63, 3.8) is 0 Å². The smallest absolute Gasteiger partial charge is 0.258 e. The topological polar surface area (TPSA) is 86.8 Å². The maximum atomic E-state index is 13.0. The van der Waals surface area contributed by atoms with Gasteiger partial charge < -0.3 is 10.2 Å². The molecule has 4 rings (SSSR count). The van der Waals surface area contributed by atoms with E-state index in [0.29, 0.717) is 42.2 Å². The van der Waals surface area contributed by atoms with Gasteiger partial charge in [-0.25, -0.2) is 8.42 Å². The van der Waals surface area contributed by atoms with Gasteiger partial charge in [0.15, 0.2) is 0 Å². The van der Waals surface area contributed by atoms with Crippen molar-refractivity contribution in [3.05, 3.63) is 53.6 Å². The van der Waals surface area contributed by atoms with Crippen molar-refractivity contribution in [2.24, 2.45) is 0 Å². The Hall–Kier alpha value is -2.71. The number of carbonyl (C=O) groups is 2. The quantitative estimate of drug-likeness (QED) is 0.813. The van der Waals surface area contributed by atoms with Crippen LogP contribution in [0.3, 0.4) is 0 Å². The van der Waals surface area contributed by atoms with Crippen LogP contribution < -0.4 is 10.2 Å². The van der Waals surface area contributed by atoms with Crippen molar-refractivity contribution in [2.75, 3.05) is 29.9 Å². The van der Waals surface area contributed by atoms with Gasteiger partial charge in [0.25, 0.3) is 5.91 Å². The van der Waals surface area contributed by atoms with Gasteiger partial charge in [0.2, 0.25) is 15.9 Å². The lowest BCUT2D eigenvalue weighted by molar-refractivity contribution is -0.114. The van der Waals surface area contributed by atoms with E-state index in [-0.39, 0.29) is 11.8 Å². The highest BCUT2D eigenvalue weighted by molar-refractivity contribution is 7.89. The number of carbonyl (C=O) groups excluding carboxylic acids is 2. The molecule has 0 saturated carbocycles. The third kappa shape index (κ3) is 3.97. The molecule has 2 aromatic rings. The molecule has 1 saturated heterocycles. The first-order valence-electron chi connectivity index (χ1n) is 10.2. The average molecular weight is 428 g/mol. The molecule has 2 aliphatic rings. The summed E-state index contributed by atoms with van der Waals surface area (Å²) in [6, 6.07) is 11.8. The number of amides is 2. The summed E-state index contributed by atoms with van der Waals surface area (Å²) in [7, 11) is -3.49. The Morgan fingerprint density at radius 3 is 2.30 bits per heavy atom. The molecule has 2 amide bonds. The number of anilines is 2. The monoisotopic (exact) mass is 427 g/mol.